The van der Waals surface area contributed by atoms with Crippen molar-refractivity contribution in [2.24, 2.45) is 0 Å². The van der Waals surface area contributed by atoms with Crippen molar-refractivity contribution in [1.29, 1.82) is 0 Å². The van der Waals surface area contributed by atoms with Gasteiger partial charge in [-0.15, -0.1) is 0 Å². The zero-order chi connectivity index (χ0) is 16.7. The molecule has 2 aromatic rings. The van der Waals surface area contributed by atoms with Gasteiger partial charge < -0.3 is 14.6 Å². The third-order valence-corrected chi connectivity index (χ3v) is 3.37. The van der Waals surface area contributed by atoms with Crippen molar-refractivity contribution < 1.29 is 23.8 Å². The fraction of sp³-hybridized carbons (Fsp3) is 0.278. The van der Waals surface area contributed by atoms with E-state index in [1.54, 1.807) is 24.3 Å². The lowest BCUT2D eigenvalue weighted by Crippen LogP contribution is -2.16. The summed E-state index contributed by atoms with van der Waals surface area (Å²) >= 11 is 0. The molecule has 1 atom stereocenters. The highest BCUT2D eigenvalue weighted by molar-refractivity contribution is 5.76. The number of carboxylic acids is 1. The number of rotatable bonds is 8. The van der Waals surface area contributed by atoms with Gasteiger partial charge in [-0.05, 0) is 31.5 Å². The van der Waals surface area contributed by atoms with Crippen molar-refractivity contribution >= 4 is 5.97 Å². The number of aliphatic carboxylic acids is 1. The number of halogens is 1. The molecule has 4 nitrogen and oxygen atoms in total. The number of benzene rings is 2. The number of hydrogen-bond donors (Lipinski definition) is 1. The Labute approximate surface area is 134 Å². The summed E-state index contributed by atoms with van der Waals surface area (Å²) in [4.78, 5) is 11.4. The summed E-state index contributed by atoms with van der Waals surface area (Å²) in [5.41, 5.74) is 0.173. The van der Waals surface area contributed by atoms with Gasteiger partial charge in [-0.3, -0.25) is 4.79 Å². The number of ether oxygens (including phenoxy) is 2. The van der Waals surface area contributed by atoms with Gasteiger partial charge in [-0.2, -0.15) is 0 Å². The van der Waals surface area contributed by atoms with Crippen LogP contribution in [0.3, 0.4) is 0 Å². The predicted octanol–water partition coefficient (Wildman–Crippen LogP) is 3.86. The third kappa shape index (κ3) is 4.71. The maximum absolute atomic E-state index is 13.8. The minimum absolute atomic E-state index is 0.168. The summed E-state index contributed by atoms with van der Waals surface area (Å²) in [6.07, 6.45) is 0.176. The Hall–Kier alpha value is -2.56. The summed E-state index contributed by atoms with van der Waals surface area (Å²) < 4.78 is 24.7. The lowest BCUT2D eigenvalue weighted by Gasteiger charge is -2.14. The largest absolute Gasteiger partial charge is 0.494 e. The van der Waals surface area contributed by atoms with E-state index in [0.717, 1.165) is 0 Å². The van der Waals surface area contributed by atoms with E-state index in [2.05, 4.69) is 0 Å². The molecule has 0 aliphatic rings. The van der Waals surface area contributed by atoms with Crippen molar-refractivity contribution in [3.05, 3.63) is 59.9 Å². The van der Waals surface area contributed by atoms with Crippen LogP contribution in [-0.2, 0) is 4.79 Å². The molecular weight excluding hydrogens is 299 g/mol. The molecule has 0 aliphatic carbocycles. The molecule has 5 heteroatoms. The van der Waals surface area contributed by atoms with E-state index in [-0.39, 0.29) is 18.6 Å². The molecule has 0 spiro atoms. The van der Waals surface area contributed by atoms with Crippen LogP contribution in [0.1, 0.15) is 24.8 Å². The zero-order valence-corrected chi connectivity index (χ0v) is 12.9. The van der Waals surface area contributed by atoms with Gasteiger partial charge in [0.05, 0.1) is 19.1 Å². The fourth-order valence-electron chi connectivity index (χ4n) is 2.28. The molecule has 0 bridgehead atoms. The Balaban J connectivity index is 1.99. The minimum atomic E-state index is -1.07. The Morgan fingerprint density at radius 2 is 1.83 bits per heavy atom. The van der Waals surface area contributed by atoms with E-state index >= 15 is 0 Å². The molecule has 0 saturated heterocycles. The van der Waals surface area contributed by atoms with E-state index in [1.807, 2.05) is 13.0 Å². The highest BCUT2D eigenvalue weighted by atomic mass is 19.1. The highest BCUT2D eigenvalue weighted by Gasteiger charge is 2.22. The average molecular weight is 318 g/mol. The lowest BCUT2D eigenvalue weighted by atomic mass is 9.96. The second kappa shape index (κ2) is 8.17. The van der Waals surface area contributed by atoms with Crippen molar-refractivity contribution in [1.82, 2.24) is 0 Å². The average Bonchev–Trinajstić information content (AvgIpc) is 2.53. The van der Waals surface area contributed by atoms with Crippen molar-refractivity contribution in [2.45, 2.75) is 19.3 Å². The van der Waals surface area contributed by atoms with Crippen molar-refractivity contribution in [3.8, 4) is 11.5 Å². The summed E-state index contributed by atoms with van der Waals surface area (Å²) in [5, 5.41) is 9.32. The van der Waals surface area contributed by atoms with Crippen LogP contribution in [0.4, 0.5) is 4.39 Å². The van der Waals surface area contributed by atoms with E-state index in [0.29, 0.717) is 18.1 Å². The second-order valence-corrected chi connectivity index (χ2v) is 4.96. The monoisotopic (exact) mass is 318 g/mol. The van der Waals surface area contributed by atoms with Gasteiger partial charge in [0.25, 0.3) is 0 Å². The van der Waals surface area contributed by atoms with Crippen LogP contribution in [-0.4, -0.2) is 24.3 Å². The normalized spacial score (nSPS) is 11.7. The van der Waals surface area contributed by atoms with Crippen molar-refractivity contribution in [2.75, 3.05) is 13.2 Å². The highest BCUT2D eigenvalue weighted by Crippen LogP contribution is 2.24. The fourth-order valence-corrected chi connectivity index (χ4v) is 2.28. The first-order chi connectivity index (χ1) is 11.1. The molecule has 0 aromatic heterocycles. The molecule has 0 heterocycles. The molecule has 0 radical (unpaired) electrons. The lowest BCUT2D eigenvalue weighted by molar-refractivity contribution is -0.139. The van der Waals surface area contributed by atoms with Gasteiger partial charge in [0.1, 0.15) is 17.3 Å². The Morgan fingerprint density at radius 3 is 2.48 bits per heavy atom. The molecule has 122 valence electrons. The van der Waals surface area contributed by atoms with E-state index in [1.165, 1.54) is 18.2 Å². The molecule has 1 N–H and O–H groups in total. The molecule has 1 unspecified atom stereocenters. The molecule has 23 heavy (non-hydrogen) atoms. The van der Waals surface area contributed by atoms with E-state index < -0.39 is 17.7 Å². The van der Waals surface area contributed by atoms with Gasteiger partial charge in [-0.1, -0.05) is 24.3 Å². The minimum Gasteiger partial charge on any atom is -0.494 e. The topological polar surface area (TPSA) is 55.8 Å². The molecule has 2 aromatic carbocycles. The Bertz CT molecular complexity index is 657. The van der Waals surface area contributed by atoms with Crippen LogP contribution < -0.4 is 9.47 Å². The molecule has 0 saturated carbocycles. The first kappa shape index (κ1) is 16.8. The Morgan fingerprint density at radius 1 is 1.13 bits per heavy atom. The zero-order valence-electron chi connectivity index (χ0n) is 12.9. The van der Waals surface area contributed by atoms with Gasteiger partial charge in [0.15, 0.2) is 0 Å². The Kier molecular flexibility index (Phi) is 5.97. The molecular formula is C18H19FO4. The van der Waals surface area contributed by atoms with Crippen LogP contribution >= 0.6 is 0 Å². The molecule has 0 aliphatic heterocycles. The third-order valence-electron chi connectivity index (χ3n) is 3.37. The molecule has 0 amide bonds. The maximum atomic E-state index is 13.8. The van der Waals surface area contributed by atoms with E-state index in [9.17, 15) is 14.3 Å². The first-order valence-electron chi connectivity index (χ1n) is 7.44. The smallest absolute Gasteiger partial charge is 0.311 e. The van der Waals surface area contributed by atoms with Crippen LogP contribution in [0.25, 0.3) is 0 Å². The van der Waals surface area contributed by atoms with Crippen LogP contribution in [0.2, 0.25) is 0 Å². The first-order valence-corrected chi connectivity index (χ1v) is 7.44. The van der Waals surface area contributed by atoms with Crippen molar-refractivity contribution in [3.63, 3.8) is 0 Å². The summed E-state index contributed by atoms with van der Waals surface area (Å²) in [7, 11) is 0. The van der Waals surface area contributed by atoms with Gasteiger partial charge in [0, 0.05) is 11.6 Å². The number of carbonyl (C=O) groups is 1. The number of hydrogen-bond acceptors (Lipinski definition) is 3. The summed E-state index contributed by atoms with van der Waals surface area (Å²) in [5.74, 6) is -1.24. The van der Waals surface area contributed by atoms with Crippen LogP contribution in [0, 0.1) is 5.82 Å². The van der Waals surface area contributed by atoms with Crippen LogP contribution in [0.5, 0.6) is 11.5 Å². The second-order valence-electron chi connectivity index (χ2n) is 4.96. The molecule has 0 fully saturated rings. The summed E-state index contributed by atoms with van der Waals surface area (Å²) in [6, 6.07) is 13.0. The van der Waals surface area contributed by atoms with Gasteiger partial charge >= 0.3 is 5.97 Å². The SMILES string of the molecule is CCOc1cccc(OCCC(C(=O)O)c2ccccc2F)c1. The quantitative estimate of drug-likeness (QED) is 0.803. The van der Waals surface area contributed by atoms with Gasteiger partial charge in [-0.25, -0.2) is 4.39 Å². The van der Waals surface area contributed by atoms with Gasteiger partial charge in [0.2, 0.25) is 0 Å². The van der Waals surface area contributed by atoms with E-state index in [4.69, 9.17) is 9.47 Å². The predicted molar refractivity (Wildman–Crippen MR) is 84.5 cm³/mol. The summed E-state index contributed by atoms with van der Waals surface area (Å²) in [6.45, 7) is 2.61. The number of carboxylic acid groups (broad SMARTS) is 1. The maximum Gasteiger partial charge on any atom is 0.311 e. The molecule has 2 rings (SSSR count). The standard InChI is InChI=1S/C18H19FO4/c1-2-22-13-6-5-7-14(12-13)23-11-10-16(18(20)21)15-8-3-4-9-17(15)19/h3-9,12,16H,2,10-11H2,1H3,(H,20,21). The van der Waals surface area contributed by atoms with Crippen LogP contribution in [0.15, 0.2) is 48.5 Å².